The first-order valence-corrected chi connectivity index (χ1v) is 8.88. The van der Waals surface area contributed by atoms with Crippen LogP contribution in [-0.2, 0) is 9.53 Å². The number of hydrogen-bond acceptors (Lipinski definition) is 2. The predicted octanol–water partition coefficient (Wildman–Crippen LogP) is -5.04. The van der Waals surface area contributed by atoms with Crippen molar-refractivity contribution in [2.24, 2.45) is 0 Å². The fraction of sp³-hybridized carbons (Fsp3) is 0.632. The molecule has 0 heterocycles. The fourth-order valence-electron chi connectivity index (χ4n) is 2.49. The Morgan fingerprint density at radius 2 is 1.68 bits per heavy atom. The lowest BCUT2D eigenvalue weighted by molar-refractivity contribution is -0.910. The van der Waals surface area contributed by atoms with Crippen molar-refractivity contribution in [3.05, 3.63) is 35.9 Å². The number of nitrogens with one attached hydrogen (secondary N) is 1. The van der Waals surface area contributed by atoms with Crippen molar-refractivity contribution < 1.29 is 44.6 Å². The van der Waals surface area contributed by atoms with Crippen molar-refractivity contribution in [1.82, 2.24) is 0 Å². The van der Waals surface area contributed by atoms with E-state index < -0.39 is 5.60 Å². The Kier molecular flexibility index (Phi) is 14.2. The summed E-state index contributed by atoms with van der Waals surface area (Å²) in [6, 6.07) is 9.66. The van der Waals surface area contributed by atoms with Crippen molar-refractivity contribution in [2.45, 2.75) is 52.7 Å². The molecule has 0 spiro atoms. The van der Waals surface area contributed by atoms with Gasteiger partial charge in [-0.1, -0.05) is 37.3 Å². The molecule has 1 aromatic rings. The number of nitrogens with two attached hydrogens (primary N) is 1. The number of hydrogen-bond donors (Lipinski definition) is 2. The van der Waals surface area contributed by atoms with Crippen LogP contribution in [0.5, 0.6) is 0 Å². The Hall–Kier alpha value is -0.810. The zero-order valence-electron chi connectivity index (χ0n) is 16.1. The molecular formula is C19H34Cl2N2O2. The van der Waals surface area contributed by atoms with Crippen LogP contribution in [0.2, 0.25) is 0 Å². The lowest BCUT2D eigenvalue weighted by Gasteiger charge is -2.26. The van der Waals surface area contributed by atoms with Crippen molar-refractivity contribution in [1.29, 1.82) is 0 Å². The maximum absolute atomic E-state index is 12.7. The van der Waals surface area contributed by atoms with E-state index in [0.29, 0.717) is 0 Å². The second-order valence-electron chi connectivity index (χ2n) is 6.65. The topological polar surface area (TPSA) is 47.4 Å². The zero-order valence-corrected chi connectivity index (χ0v) is 17.7. The summed E-state index contributed by atoms with van der Waals surface area (Å²) in [7, 11) is 0. The third kappa shape index (κ3) is 9.45. The molecule has 4 nitrogen and oxygen atoms in total. The zero-order chi connectivity index (χ0) is 17.3. The highest BCUT2D eigenvalue weighted by Gasteiger charge is 2.30. The first-order valence-electron chi connectivity index (χ1n) is 8.88. The summed E-state index contributed by atoms with van der Waals surface area (Å²) >= 11 is 0. The third-order valence-electron chi connectivity index (χ3n) is 4.54. The number of ether oxygens (including phenoxy) is 1. The molecule has 25 heavy (non-hydrogen) atoms. The first kappa shape index (κ1) is 26.4. The van der Waals surface area contributed by atoms with E-state index in [2.05, 4.69) is 19.2 Å². The summed E-state index contributed by atoms with van der Waals surface area (Å²) in [4.78, 5) is 14.2. The molecule has 3 N–H and O–H groups in total. The Labute approximate surface area is 165 Å². The van der Waals surface area contributed by atoms with E-state index in [0.717, 1.165) is 38.2 Å². The highest BCUT2D eigenvalue weighted by molar-refractivity contribution is 5.76. The second-order valence-corrected chi connectivity index (χ2v) is 6.65. The number of likely N-dealkylation sites (N-methyl/N-ethyl adjacent to an activating group) is 1. The molecule has 6 heteroatoms. The van der Waals surface area contributed by atoms with E-state index in [4.69, 9.17) is 4.74 Å². The summed E-state index contributed by atoms with van der Waals surface area (Å²) in [5, 5.41) is 2.12. The largest absolute Gasteiger partial charge is 1.00 e. The minimum Gasteiger partial charge on any atom is -1.00 e. The van der Waals surface area contributed by atoms with Crippen LogP contribution in [-0.4, -0.2) is 37.7 Å². The minimum absolute atomic E-state index is 0. The van der Waals surface area contributed by atoms with Crippen LogP contribution >= 0.6 is 0 Å². The summed E-state index contributed by atoms with van der Waals surface area (Å²) in [5.41, 5.74) is 0.598. The van der Waals surface area contributed by atoms with Gasteiger partial charge in [0.2, 0.25) is 6.04 Å². The van der Waals surface area contributed by atoms with Crippen LogP contribution < -0.4 is 35.0 Å². The van der Waals surface area contributed by atoms with Crippen molar-refractivity contribution in [2.75, 3.05) is 26.2 Å². The molecule has 146 valence electrons. The maximum atomic E-state index is 12.7. The SMILES string of the molecule is CC[NH+](CC)CC[NH2+]C(C(=O)OC(C)(C)CC)c1ccccc1.[Cl-].[Cl-]. The average Bonchev–Trinajstić information content (AvgIpc) is 2.55. The van der Waals surface area contributed by atoms with Crippen LogP contribution in [0.3, 0.4) is 0 Å². The molecule has 0 aromatic heterocycles. The summed E-state index contributed by atoms with van der Waals surface area (Å²) in [6.07, 6.45) is 0.809. The maximum Gasteiger partial charge on any atom is 0.370 e. The van der Waals surface area contributed by atoms with Gasteiger partial charge in [0.1, 0.15) is 18.7 Å². The lowest BCUT2D eigenvalue weighted by atomic mass is 10.0. The molecule has 1 atom stereocenters. The highest BCUT2D eigenvalue weighted by Crippen LogP contribution is 2.18. The van der Waals surface area contributed by atoms with Gasteiger partial charge in [-0.2, -0.15) is 0 Å². The number of esters is 1. The number of quaternary nitrogens is 2. The Morgan fingerprint density at radius 3 is 2.16 bits per heavy atom. The number of carbonyl (C=O) groups excluding carboxylic acids is 1. The van der Waals surface area contributed by atoms with Crippen LogP contribution in [0.4, 0.5) is 0 Å². The van der Waals surface area contributed by atoms with E-state index in [1.54, 1.807) is 4.90 Å². The van der Waals surface area contributed by atoms with Gasteiger partial charge in [0.05, 0.1) is 13.1 Å². The summed E-state index contributed by atoms with van der Waals surface area (Å²) in [6.45, 7) is 14.6. The highest BCUT2D eigenvalue weighted by atomic mass is 35.5. The second kappa shape index (κ2) is 13.4. The molecule has 0 aliphatic carbocycles. The van der Waals surface area contributed by atoms with Gasteiger partial charge in [-0.25, -0.2) is 4.79 Å². The Morgan fingerprint density at radius 1 is 1.12 bits per heavy atom. The van der Waals surface area contributed by atoms with Crippen LogP contribution in [0, 0.1) is 0 Å². The standard InChI is InChI=1S/C19H32N2O2.2ClH/c1-6-19(4,5)23-18(22)17(16-12-10-9-11-13-16)20-14-15-21(7-2)8-3;;/h9-13,17,20H,6-8,14-15H2,1-5H3;2*1H. The molecule has 1 unspecified atom stereocenters. The van der Waals surface area contributed by atoms with E-state index in [1.807, 2.05) is 51.1 Å². The van der Waals surface area contributed by atoms with Gasteiger partial charge in [0, 0.05) is 5.56 Å². The molecule has 1 aromatic carbocycles. The Bertz CT molecular complexity index is 466. The molecule has 0 bridgehead atoms. The molecule has 0 aliphatic rings. The minimum atomic E-state index is -0.415. The number of rotatable bonds is 10. The number of carbonyl (C=O) groups is 1. The number of benzene rings is 1. The monoisotopic (exact) mass is 392 g/mol. The molecular weight excluding hydrogens is 359 g/mol. The van der Waals surface area contributed by atoms with Crippen molar-refractivity contribution in [3.8, 4) is 0 Å². The summed E-state index contributed by atoms with van der Waals surface area (Å²) in [5.74, 6) is -0.141. The normalized spacial score (nSPS) is 12.1. The van der Waals surface area contributed by atoms with Crippen molar-refractivity contribution >= 4 is 5.97 Å². The van der Waals surface area contributed by atoms with Crippen LogP contribution in [0.1, 0.15) is 52.6 Å². The van der Waals surface area contributed by atoms with Crippen molar-refractivity contribution in [3.63, 3.8) is 0 Å². The molecule has 0 saturated carbocycles. The van der Waals surface area contributed by atoms with Gasteiger partial charge in [0.15, 0.2) is 0 Å². The molecule has 0 saturated heterocycles. The fourth-order valence-corrected chi connectivity index (χ4v) is 2.49. The molecule has 1 rings (SSSR count). The first-order chi connectivity index (χ1) is 10.9. The van der Waals surface area contributed by atoms with Crippen LogP contribution in [0.15, 0.2) is 30.3 Å². The molecule has 0 fully saturated rings. The van der Waals surface area contributed by atoms with E-state index in [1.165, 1.54) is 0 Å². The lowest BCUT2D eigenvalue weighted by Crippen LogP contribution is -3.14. The summed E-state index contributed by atoms with van der Waals surface area (Å²) < 4.78 is 5.74. The van der Waals surface area contributed by atoms with E-state index >= 15 is 0 Å². The Balaban J connectivity index is 0. The quantitative estimate of drug-likeness (QED) is 0.391. The van der Waals surface area contributed by atoms with Gasteiger partial charge in [-0.3, -0.25) is 0 Å². The van der Waals surface area contributed by atoms with Gasteiger partial charge in [-0.05, 0) is 34.1 Å². The molecule has 0 radical (unpaired) electrons. The van der Waals surface area contributed by atoms with E-state index in [-0.39, 0.29) is 36.8 Å². The predicted molar refractivity (Wildman–Crippen MR) is 93.3 cm³/mol. The van der Waals surface area contributed by atoms with E-state index in [9.17, 15) is 4.79 Å². The third-order valence-corrected chi connectivity index (χ3v) is 4.54. The van der Waals surface area contributed by atoms with Crippen LogP contribution in [0.25, 0.3) is 0 Å². The average molecular weight is 393 g/mol. The number of halogens is 2. The smallest absolute Gasteiger partial charge is 0.370 e. The van der Waals surface area contributed by atoms with Gasteiger partial charge < -0.3 is 39.8 Å². The molecule has 0 amide bonds. The van der Waals surface area contributed by atoms with Gasteiger partial charge in [-0.15, -0.1) is 0 Å². The van der Waals surface area contributed by atoms with Gasteiger partial charge >= 0.3 is 5.97 Å². The van der Waals surface area contributed by atoms with Gasteiger partial charge in [0.25, 0.3) is 0 Å². The molecule has 0 aliphatic heterocycles.